The van der Waals surface area contributed by atoms with Crippen LogP contribution in [0.4, 0.5) is 14.7 Å². The standard InChI is InChI=1S/C11H17F2N3O2/c1-7(2)18-9-4-8(3)15-10(16-9)14-5-11(12,13)6-17/h4,7,17H,5-6H2,1-3H3,(H,14,15,16). The van der Waals surface area contributed by atoms with Gasteiger partial charge in [-0.3, -0.25) is 0 Å². The zero-order chi connectivity index (χ0) is 13.8. The van der Waals surface area contributed by atoms with Crippen molar-refractivity contribution in [3.63, 3.8) is 0 Å². The highest BCUT2D eigenvalue weighted by atomic mass is 19.3. The van der Waals surface area contributed by atoms with Gasteiger partial charge >= 0.3 is 0 Å². The summed E-state index contributed by atoms with van der Waals surface area (Å²) in [6.07, 6.45) is -0.0639. The molecule has 0 aliphatic rings. The van der Waals surface area contributed by atoms with Crippen molar-refractivity contribution in [2.75, 3.05) is 18.5 Å². The zero-order valence-corrected chi connectivity index (χ0v) is 10.6. The average molecular weight is 261 g/mol. The van der Waals surface area contributed by atoms with Crippen molar-refractivity contribution in [1.29, 1.82) is 0 Å². The lowest BCUT2D eigenvalue weighted by molar-refractivity contribution is -0.0374. The molecule has 0 aliphatic carbocycles. The minimum Gasteiger partial charge on any atom is -0.475 e. The summed E-state index contributed by atoms with van der Waals surface area (Å²) in [6, 6.07) is 1.62. The van der Waals surface area contributed by atoms with E-state index < -0.39 is 19.1 Å². The Morgan fingerprint density at radius 2 is 2.11 bits per heavy atom. The van der Waals surface area contributed by atoms with E-state index in [0.29, 0.717) is 11.6 Å². The number of hydrogen-bond acceptors (Lipinski definition) is 5. The monoisotopic (exact) mass is 261 g/mol. The number of ether oxygens (including phenoxy) is 1. The third-order valence-corrected chi connectivity index (χ3v) is 1.92. The lowest BCUT2D eigenvalue weighted by Crippen LogP contribution is -2.31. The van der Waals surface area contributed by atoms with Crippen molar-refractivity contribution in [3.8, 4) is 5.88 Å². The summed E-state index contributed by atoms with van der Waals surface area (Å²) in [7, 11) is 0. The van der Waals surface area contributed by atoms with Gasteiger partial charge in [-0.1, -0.05) is 0 Å². The molecule has 0 radical (unpaired) electrons. The number of aliphatic hydroxyl groups is 1. The minimum atomic E-state index is -3.20. The molecule has 1 rings (SSSR count). The molecular formula is C11H17F2N3O2. The largest absolute Gasteiger partial charge is 0.475 e. The van der Waals surface area contributed by atoms with Gasteiger partial charge < -0.3 is 15.2 Å². The molecule has 5 nitrogen and oxygen atoms in total. The van der Waals surface area contributed by atoms with Crippen LogP contribution in [0.1, 0.15) is 19.5 Å². The molecule has 0 saturated carbocycles. The lowest BCUT2D eigenvalue weighted by Gasteiger charge is -2.15. The van der Waals surface area contributed by atoms with Crippen molar-refractivity contribution < 1.29 is 18.6 Å². The molecule has 0 fully saturated rings. The number of aryl methyl sites for hydroxylation is 1. The van der Waals surface area contributed by atoms with Gasteiger partial charge in [-0.15, -0.1) is 0 Å². The maximum atomic E-state index is 12.9. The first-order chi connectivity index (χ1) is 8.32. The van der Waals surface area contributed by atoms with Crippen LogP contribution in [0, 0.1) is 6.92 Å². The topological polar surface area (TPSA) is 67.3 Å². The second kappa shape index (κ2) is 5.90. The Bertz CT molecular complexity index is 400. The molecule has 0 unspecified atom stereocenters. The number of aliphatic hydroxyl groups excluding tert-OH is 1. The SMILES string of the molecule is Cc1cc(OC(C)C)nc(NCC(F)(F)CO)n1. The van der Waals surface area contributed by atoms with Gasteiger partial charge in [0.2, 0.25) is 11.8 Å². The Kier molecular flexibility index (Phi) is 4.77. The number of alkyl halides is 2. The first-order valence-electron chi connectivity index (χ1n) is 5.57. The fourth-order valence-electron chi connectivity index (χ4n) is 1.18. The molecule has 0 aliphatic heterocycles. The number of nitrogens with zero attached hydrogens (tertiary/aromatic N) is 2. The quantitative estimate of drug-likeness (QED) is 0.814. The smallest absolute Gasteiger partial charge is 0.287 e. The van der Waals surface area contributed by atoms with Crippen LogP contribution >= 0.6 is 0 Å². The second-order valence-corrected chi connectivity index (χ2v) is 4.21. The Morgan fingerprint density at radius 1 is 1.44 bits per heavy atom. The van der Waals surface area contributed by atoms with Crippen LogP contribution in [-0.4, -0.2) is 40.3 Å². The molecule has 2 N–H and O–H groups in total. The van der Waals surface area contributed by atoms with Crippen LogP contribution in [-0.2, 0) is 0 Å². The van der Waals surface area contributed by atoms with E-state index >= 15 is 0 Å². The molecular weight excluding hydrogens is 244 g/mol. The molecule has 0 amide bonds. The van der Waals surface area contributed by atoms with Crippen LogP contribution in [0.3, 0.4) is 0 Å². The second-order valence-electron chi connectivity index (χ2n) is 4.21. The van der Waals surface area contributed by atoms with Crippen molar-refractivity contribution in [1.82, 2.24) is 9.97 Å². The first-order valence-corrected chi connectivity index (χ1v) is 5.57. The van der Waals surface area contributed by atoms with Crippen molar-refractivity contribution >= 4 is 5.95 Å². The molecule has 0 spiro atoms. The molecule has 102 valence electrons. The maximum absolute atomic E-state index is 12.9. The van der Waals surface area contributed by atoms with Gasteiger partial charge in [0, 0.05) is 11.8 Å². The Labute approximate surface area is 104 Å². The highest BCUT2D eigenvalue weighted by Crippen LogP contribution is 2.16. The highest BCUT2D eigenvalue weighted by molar-refractivity contribution is 5.31. The number of anilines is 1. The van der Waals surface area contributed by atoms with E-state index in [9.17, 15) is 8.78 Å². The van der Waals surface area contributed by atoms with Crippen molar-refractivity contribution in [2.45, 2.75) is 32.8 Å². The summed E-state index contributed by atoms with van der Waals surface area (Å²) in [5, 5.41) is 10.8. The molecule has 0 bridgehead atoms. The molecule has 7 heteroatoms. The Morgan fingerprint density at radius 3 is 2.67 bits per heavy atom. The van der Waals surface area contributed by atoms with Gasteiger partial charge in [-0.05, 0) is 20.8 Å². The fourth-order valence-corrected chi connectivity index (χ4v) is 1.18. The maximum Gasteiger partial charge on any atom is 0.287 e. The summed E-state index contributed by atoms with van der Waals surface area (Å²) >= 11 is 0. The van der Waals surface area contributed by atoms with Gasteiger partial charge in [-0.25, -0.2) is 13.8 Å². The summed E-state index contributed by atoms with van der Waals surface area (Å²) in [6.45, 7) is 3.44. The van der Waals surface area contributed by atoms with Gasteiger partial charge in [0.1, 0.15) is 6.61 Å². The van der Waals surface area contributed by atoms with Gasteiger partial charge in [-0.2, -0.15) is 4.98 Å². The molecule has 0 atom stereocenters. The fraction of sp³-hybridized carbons (Fsp3) is 0.636. The predicted molar refractivity (Wildman–Crippen MR) is 63.1 cm³/mol. The van der Waals surface area contributed by atoms with Crippen LogP contribution < -0.4 is 10.1 Å². The van der Waals surface area contributed by atoms with E-state index in [2.05, 4.69) is 15.3 Å². The number of rotatable bonds is 6. The van der Waals surface area contributed by atoms with Crippen LogP contribution in [0.25, 0.3) is 0 Å². The first kappa shape index (κ1) is 14.6. The molecule has 0 aromatic carbocycles. The van der Waals surface area contributed by atoms with Crippen LogP contribution in [0.15, 0.2) is 6.07 Å². The van der Waals surface area contributed by atoms with E-state index in [1.54, 1.807) is 13.0 Å². The van der Waals surface area contributed by atoms with Gasteiger partial charge in [0.05, 0.1) is 12.6 Å². The normalized spacial score (nSPS) is 11.7. The Balaban J connectivity index is 2.74. The lowest BCUT2D eigenvalue weighted by atomic mass is 10.3. The molecule has 1 aromatic heterocycles. The summed E-state index contributed by atoms with van der Waals surface area (Å²) in [5.41, 5.74) is 0.607. The molecule has 0 saturated heterocycles. The third kappa shape index (κ3) is 4.79. The molecule has 18 heavy (non-hydrogen) atoms. The Hall–Kier alpha value is -1.50. The summed E-state index contributed by atoms with van der Waals surface area (Å²) in [4.78, 5) is 7.91. The molecule has 1 heterocycles. The highest BCUT2D eigenvalue weighted by Gasteiger charge is 2.27. The van der Waals surface area contributed by atoms with E-state index in [4.69, 9.17) is 9.84 Å². The van der Waals surface area contributed by atoms with Crippen LogP contribution in [0.2, 0.25) is 0 Å². The number of aromatic nitrogens is 2. The minimum absolute atomic E-state index is 0.0544. The number of nitrogens with one attached hydrogen (secondary N) is 1. The van der Waals surface area contributed by atoms with Crippen LogP contribution in [0.5, 0.6) is 5.88 Å². The van der Waals surface area contributed by atoms with E-state index in [0.717, 1.165) is 0 Å². The van der Waals surface area contributed by atoms with Gasteiger partial charge in [0.25, 0.3) is 5.92 Å². The van der Waals surface area contributed by atoms with E-state index in [1.165, 1.54) is 0 Å². The number of hydrogen-bond donors (Lipinski definition) is 2. The van der Waals surface area contributed by atoms with Gasteiger partial charge in [0.15, 0.2) is 0 Å². The predicted octanol–water partition coefficient (Wildman–Crippen LogP) is 1.61. The van der Waals surface area contributed by atoms with E-state index in [1.807, 2.05) is 13.8 Å². The van der Waals surface area contributed by atoms with Crippen molar-refractivity contribution in [3.05, 3.63) is 11.8 Å². The average Bonchev–Trinajstić information content (AvgIpc) is 2.25. The van der Waals surface area contributed by atoms with E-state index in [-0.39, 0.29) is 12.1 Å². The third-order valence-electron chi connectivity index (χ3n) is 1.92. The van der Waals surface area contributed by atoms with Crippen molar-refractivity contribution in [2.24, 2.45) is 0 Å². The zero-order valence-electron chi connectivity index (χ0n) is 10.6. The summed E-state index contributed by atoms with van der Waals surface area (Å²) in [5.74, 6) is -2.82. The number of halogens is 2. The molecule has 1 aromatic rings. The summed E-state index contributed by atoms with van der Waals surface area (Å²) < 4.78 is 31.1.